The van der Waals surface area contributed by atoms with Crippen molar-refractivity contribution in [3.8, 4) is 0 Å². The van der Waals surface area contributed by atoms with E-state index in [1.165, 1.54) is 6.33 Å². The number of rotatable bonds is 2. The summed E-state index contributed by atoms with van der Waals surface area (Å²) in [6.07, 6.45) is 4.98. The van der Waals surface area contributed by atoms with Crippen molar-refractivity contribution in [1.29, 1.82) is 0 Å². The molecule has 0 aliphatic carbocycles. The minimum Gasteiger partial charge on any atom is -0.386 e. The molecule has 0 amide bonds. The monoisotopic (exact) mass is 203 g/mol. The second-order valence-corrected chi connectivity index (χ2v) is 3.48. The fourth-order valence-corrected chi connectivity index (χ4v) is 1.63. The second-order valence-electron chi connectivity index (χ2n) is 3.48. The van der Waals surface area contributed by atoms with Crippen LogP contribution >= 0.6 is 0 Å². The van der Waals surface area contributed by atoms with Gasteiger partial charge in [-0.2, -0.15) is 5.10 Å². The largest absolute Gasteiger partial charge is 0.386 e. The molecule has 15 heavy (non-hydrogen) atoms. The molecule has 2 rings (SSSR count). The average Bonchev–Trinajstić information content (AvgIpc) is 2.30. The molecule has 78 valence electrons. The van der Waals surface area contributed by atoms with Crippen LogP contribution in [-0.2, 0) is 0 Å². The Morgan fingerprint density at radius 2 is 2.33 bits per heavy atom. The number of nitrogens with two attached hydrogens (primary N) is 1. The van der Waals surface area contributed by atoms with Gasteiger partial charge < -0.3 is 5.73 Å². The Balaban J connectivity index is 2.35. The lowest BCUT2D eigenvalue weighted by Crippen LogP contribution is -2.27. The molecule has 0 radical (unpaired) electrons. The van der Waals surface area contributed by atoms with Crippen LogP contribution in [0.5, 0.6) is 0 Å². The SMILES string of the molecule is CCC1CC(N)=NN=C1c1ccncn1. The molecule has 2 N–H and O–H groups in total. The maximum atomic E-state index is 5.65. The summed E-state index contributed by atoms with van der Waals surface area (Å²) in [6.45, 7) is 2.11. The van der Waals surface area contributed by atoms with E-state index in [1.54, 1.807) is 6.20 Å². The zero-order valence-corrected chi connectivity index (χ0v) is 8.59. The van der Waals surface area contributed by atoms with E-state index in [4.69, 9.17) is 5.73 Å². The van der Waals surface area contributed by atoms with Crippen LogP contribution in [0.15, 0.2) is 28.8 Å². The van der Waals surface area contributed by atoms with Gasteiger partial charge in [0.2, 0.25) is 0 Å². The minimum atomic E-state index is 0.317. The highest BCUT2D eigenvalue weighted by Crippen LogP contribution is 2.18. The molecular formula is C10H13N5. The number of aromatic nitrogens is 2. The highest BCUT2D eigenvalue weighted by atomic mass is 15.2. The minimum absolute atomic E-state index is 0.317. The summed E-state index contributed by atoms with van der Waals surface area (Å²) >= 11 is 0. The molecule has 1 aromatic rings. The smallest absolute Gasteiger partial charge is 0.123 e. The Bertz CT molecular complexity index is 396. The van der Waals surface area contributed by atoms with Crippen molar-refractivity contribution in [2.75, 3.05) is 0 Å². The molecule has 5 nitrogen and oxygen atoms in total. The van der Waals surface area contributed by atoms with E-state index >= 15 is 0 Å². The molecule has 2 heterocycles. The molecule has 0 bridgehead atoms. The van der Waals surface area contributed by atoms with Crippen LogP contribution in [-0.4, -0.2) is 21.5 Å². The normalized spacial score (nSPS) is 20.7. The predicted molar refractivity (Wildman–Crippen MR) is 58.6 cm³/mol. The summed E-state index contributed by atoms with van der Waals surface area (Å²) in [5.74, 6) is 0.914. The lowest BCUT2D eigenvalue weighted by atomic mass is 9.93. The Kier molecular flexibility index (Phi) is 2.71. The topological polar surface area (TPSA) is 76.5 Å². The molecule has 1 aliphatic heterocycles. The van der Waals surface area contributed by atoms with E-state index in [0.29, 0.717) is 11.8 Å². The molecule has 1 aromatic heterocycles. The summed E-state index contributed by atoms with van der Waals surface area (Å²) < 4.78 is 0. The van der Waals surface area contributed by atoms with Gasteiger partial charge >= 0.3 is 0 Å². The Hall–Kier alpha value is -1.78. The summed E-state index contributed by atoms with van der Waals surface area (Å²) in [4.78, 5) is 8.05. The fraction of sp³-hybridized carbons (Fsp3) is 0.400. The van der Waals surface area contributed by atoms with Crippen molar-refractivity contribution < 1.29 is 0 Å². The maximum absolute atomic E-state index is 5.65. The van der Waals surface area contributed by atoms with E-state index in [9.17, 15) is 0 Å². The van der Waals surface area contributed by atoms with Gasteiger partial charge in [-0.05, 0) is 12.5 Å². The van der Waals surface area contributed by atoms with Crippen LogP contribution in [0.1, 0.15) is 25.5 Å². The van der Waals surface area contributed by atoms with Gasteiger partial charge in [0.05, 0.1) is 11.4 Å². The standard InChI is InChI=1S/C10H13N5/c1-2-7-5-9(11)14-15-10(7)8-3-4-12-6-13-8/h3-4,6-7H,2,5H2,1H3,(H2,11,14). The summed E-state index contributed by atoms with van der Waals surface area (Å²) in [6, 6.07) is 1.85. The van der Waals surface area contributed by atoms with Crippen LogP contribution < -0.4 is 5.73 Å². The number of nitrogens with zero attached hydrogens (tertiary/aromatic N) is 4. The molecule has 0 aromatic carbocycles. The lowest BCUT2D eigenvalue weighted by molar-refractivity contribution is 0.674. The molecule has 0 saturated carbocycles. The number of hydrogen-bond donors (Lipinski definition) is 1. The highest BCUT2D eigenvalue weighted by molar-refractivity contribution is 6.04. The predicted octanol–water partition coefficient (Wildman–Crippen LogP) is 0.968. The Morgan fingerprint density at radius 3 is 3.00 bits per heavy atom. The van der Waals surface area contributed by atoms with Crippen LogP contribution in [0.2, 0.25) is 0 Å². The molecule has 0 fully saturated rings. The Labute approximate surface area is 88.2 Å². The first-order valence-electron chi connectivity index (χ1n) is 4.97. The summed E-state index contributed by atoms with van der Waals surface area (Å²) in [7, 11) is 0. The van der Waals surface area contributed by atoms with E-state index in [1.807, 2.05) is 6.07 Å². The van der Waals surface area contributed by atoms with E-state index in [0.717, 1.165) is 24.2 Å². The van der Waals surface area contributed by atoms with Gasteiger partial charge in [0, 0.05) is 18.5 Å². The average molecular weight is 203 g/mol. The fourth-order valence-electron chi connectivity index (χ4n) is 1.63. The summed E-state index contributed by atoms with van der Waals surface area (Å²) in [5.41, 5.74) is 7.40. The molecule has 1 aliphatic rings. The van der Waals surface area contributed by atoms with Crippen molar-refractivity contribution in [2.45, 2.75) is 19.8 Å². The van der Waals surface area contributed by atoms with Gasteiger partial charge in [-0.3, -0.25) is 0 Å². The van der Waals surface area contributed by atoms with Crippen molar-refractivity contribution in [1.82, 2.24) is 9.97 Å². The van der Waals surface area contributed by atoms with E-state index in [2.05, 4.69) is 27.1 Å². The highest BCUT2D eigenvalue weighted by Gasteiger charge is 2.21. The van der Waals surface area contributed by atoms with Gasteiger partial charge in [0.15, 0.2) is 0 Å². The molecule has 1 unspecified atom stereocenters. The first kappa shape index (κ1) is 9.76. The third kappa shape index (κ3) is 2.01. The molecule has 1 atom stereocenters. The maximum Gasteiger partial charge on any atom is 0.123 e. The zero-order chi connectivity index (χ0) is 10.7. The second kappa shape index (κ2) is 4.16. The first-order chi connectivity index (χ1) is 7.31. The van der Waals surface area contributed by atoms with Crippen molar-refractivity contribution in [3.63, 3.8) is 0 Å². The number of hydrogen-bond acceptors (Lipinski definition) is 5. The van der Waals surface area contributed by atoms with Gasteiger partial charge in [-0.15, -0.1) is 5.10 Å². The molecular weight excluding hydrogens is 190 g/mol. The molecule has 0 saturated heterocycles. The van der Waals surface area contributed by atoms with E-state index in [-0.39, 0.29) is 0 Å². The molecule has 0 spiro atoms. The van der Waals surface area contributed by atoms with E-state index < -0.39 is 0 Å². The van der Waals surface area contributed by atoms with Crippen molar-refractivity contribution in [2.24, 2.45) is 21.9 Å². The van der Waals surface area contributed by atoms with Crippen LogP contribution in [0, 0.1) is 5.92 Å². The Morgan fingerprint density at radius 1 is 1.47 bits per heavy atom. The van der Waals surface area contributed by atoms with Crippen LogP contribution in [0.4, 0.5) is 0 Å². The summed E-state index contributed by atoms with van der Waals surface area (Å²) in [5, 5.41) is 8.03. The third-order valence-electron chi connectivity index (χ3n) is 2.47. The van der Waals surface area contributed by atoms with Gasteiger partial charge in [0.1, 0.15) is 12.2 Å². The van der Waals surface area contributed by atoms with Crippen molar-refractivity contribution in [3.05, 3.63) is 24.3 Å². The van der Waals surface area contributed by atoms with Crippen LogP contribution in [0.25, 0.3) is 0 Å². The van der Waals surface area contributed by atoms with Gasteiger partial charge in [-0.1, -0.05) is 6.92 Å². The van der Waals surface area contributed by atoms with Gasteiger partial charge in [0.25, 0.3) is 0 Å². The first-order valence-corrected chi connectivity index (χ1v) is 4.97. The number of amidine groups is 1. The quantitative estimate of drug-likeness (QED) is 0.778. The van der Waals surface area contributed by atoms with Crippen LogP contribution in [0.3, 0.4) is 0 Å². The van der Waals surface area contributed by atoms with Crippen molar-refractivity contribution >= 4 is 11.5 Å². The third-order valence-corrected chi connectivity index (χ3v) is 2.47. The van der Waals surface area contributed by atoms with Gasteiger partial charge in [-0.25, -0.2) is 9.97 Å². The lowest BCUT2D eigenvalue weighted by Gasteiger charge is -2.18. The molecule has 5 heteroatoms. The zero-order valence-electron chi connectivity index (χ0n) is 8.59.